The number of aromatic nitrogens is 1. The number of rotatable bonds is 5. The summed E-state index contributed by atoms with van der Waals surface area (Å²) in [5, 5.41) is 9.40. The van der Waals surface area contributed by atoms with E-state index in [1.165, 1.54) is 11.3 Å². The number of carbonyl (C=O) groups is 1. The van der Waals surface area contributed by atoms with E-state index in [1.54, 1.807) is 36.7 Å². The number of nitriles is 1. The zero-order valence-corrected chi connectivity index (χ0v) is 14.2. The van der Waals surface area contributed by atoms with Gasteiger partial charge >= 0.3 is 5.97 Å². The first-order valence-corrected chi connectivity index (χ1v) is 8.39. The predicted molar refractivity (Wildman–Crippen MR) is 93.6 cm³/mol. The number of esters is 1. The third-order valence-electron chi connectivity index (χ3n) is 3.41. The molecule has 5 nitrogen and oxygen atoms in total. The van der Waals surface area contributed by atoms with E-state index in [2.05, 4.69) is 4.98 Å². The summed E-state index contributed by atoms with van der Waals surface area (Å²) >= 11 is 1.19. The monoisotopic (exact) mass is 350 g/mol. The van der Waals surface area contributed by atoms with Crippen molar-refractivity contribution in [2.75, 3.05) is 0 Å². The zero-order valence-electron chi connectivity index (χ0n) is 13.4. The summed E-state index contributed by atoms with van der Waals surface area (Å²) in [4.78, 5) is 16.6. The first kappa shape index (κ1) is 16.7. The predicted octanol–water partition coefficient (Wildman–Crippen LogP) is 4.67. The van der Waals surface area contributed by atoms with Gasteiger partial charge in [-0.25, -0.2) is 9.78 Å². The Morgan fingerprint density at radius 3 is 2.60 bits per heavy atom. The number of nitrogens with zero attached hydrogens (tertiary/aromatic N) is 2. The van der Waals surface area contributed by atoms with Crippen molar-refractivity contribution in [3.05, 3.63) is 76.2 Å². The van der Waals surface area contributed by atoms with Crippen molar-refractivity contribution >= 4 is 17.3 Å². The maximum absolute atomic E-state index is 12.2. The molecule has 0 fully saturated rings. The van der Waals surface area contributed by atoms with Crippen molar-refractivity contribution in [3.63, 3.8) is 0 Å². The molecule has 3 aromatic rings. The number of para-hydroxylation sites is 1. The number of hydrogen-bond acceptors (Lipinski definition) is 6. The number of thiazole rings is 1. The molecular formula is C19H14N2O3S. The molecule has 2 aromatic carbocycles. The smallest absolute Gasteiger partial charge is 0.351 e. The first-order chi connectivity index (χ1) is 12.2. The number of carbonyl (C=O) groups excluding carboxylic acids is 1. The van der Waals surface area contributed by atoms with Gasteiger partial charge in [0.2, 0.25) is 6.10 Å². The van der Waals surface area contributed by atoms with Crippen LogP contribution < -0.4 is 4.74 Å². The summed E-state index contributed by atoms with van der Waals surface area (Å²) in [6, 6.07) is 18.3. The van der Waals surface area contributed by atoms with Gasteiger partial charge in [-0.3, -0.25) is 0 Å². The van der Waals surface area contributed by atoms with Crippen molar-refractivity contribution in [2.45, 2.75) is 13.0 Å². The van der Waals surface area contributed by atoms with Crippen LogP contribution in [0.3, 0.4) is 0 Å². The van der Waals surface area contributed by atoms with Crippen molar-refractivity contribution < 1.29 is 14.3 Å². The Hall–Kier alpha value is -3.17. The summed E-state index contributed by atoms with van der Waals surface area (Å²) < 4.78 is 11.1. The lowest BCUT2D eigenvalue weighted by atomic mass is 10.1. The Morgan fingerprint density at radius 1 is 1.16 bits per heavy atom. The average molecular weight is 350 g/mol. The second kappa shape index (κ2) is 7.60. The fourth-order valence-corrected chi connectivity index (χ4v) is 2.88. The standard InChI is InChI=1S/C19H14N2O3S/c1-13-18(25-12-21-13)19(22)24-17(11-20)14-6-5-9-16(10-14)23-15-7-3-2-4-8-15/h2-10,12,17H,1H3/t17-/m1/s1. The second-order valence-corrected chi connectivity index (χ2v) is 6.02. The first-order valence-electron chi connectivity index (χ1n) is 7.51. The molecule has 0 spiro atoms. The molecule has 1 aromatic heterocycles. The summed E-state index contributed by atoms with van der Waals surface area (Å²) in [5.74, 6) is 0.695. The van der Waals surface area contributed by atoms with E-state index >= 15 is 0 Å². The van der Waals surface area contributed by atoms with Gasteiger partial charge in [0.15, 0.2) is 0 Å². The third-order valence-corrected chi connectivity index (χ3v) is 4.32. The van der Waals surface area contributed by atoms with E-state index in [9.17, 15) is 10.1 Å². The lowest BCUT2D eigenvalue weighted by Gasteiger charge is -2.12. The van der Waals surface area contributed by atoms with Gasteiger partial charge in [-0.05, 0) is 31.2 Å². The number of benzene rings is 2. The molecular weight excluding hydrogens is 336 g/mol. The number of aryl methyl sites for hydroxylation is 1. The lowest BCUT2D eigenvalue weighted by molar-refractivity contribution is 0.0408. The van der Waals surface area contributed by atoms with Crippen LogP contribution in [-0.2, 0) is 4.74 Å². The van der Waals surface area contributed by atoms with Crippen LogP contribution in [0.1, 0.15) is 27.0 Å². The molecule has 0 aliphatic rings. The molecule has 0 saturated heterocycles. The molecule has 0 radical (unpaired) electrons. The summed E-state index contributed by atoms with van der Waals surface area (Å²) in [5.41, 5.74) is 2.71. The zero-order chi connectivity index (χ0) is 17.6. The normalized spacial score (nSPS) is 11.4. The summed E-state index contributed by atoms with van der Waals surface area (Å²) in [6.07, 6.45) is -1.02. The maximum atomic E-state index is 12.2. The Balaban J connectivity index is 1.77. The Kier molecular flexibility index (Phi) is 5.07. The van der Waals surface area contributed by atoms with Gasteiger partial charge in [-0.2, -0.15) is 5.26 Å². The van der Waals surface area contributed by atoms with Gasteiger partial charge in [-0.15, -0.1) is 11.3 Å². The highest BCUT2D eigenvalue weighted by Gasteiger charge is 2.21. The van der Waals surface area contributed by atoms with Crippen molar-refractivity contribution in [2.24, 2.45) is 0 Å². The van der Waals surface area contributed by atoms with Crippen LogP contribution in [0, 0.1) is 18.3 Å². The molecule has 1 heterocycles. The van der Waals surface area contributed by atoms with Crippen molar-refractivity contribution in [1.82, 2.24) is 4.98 Å². The molecule has 0 amide bonds. The molecule has 3 rings (SSSR count). The van der Waals surface area contributed by atoms with E-state index in [4.69, 9.17) is 9.47 Å². The maximum Gasteiger partial charge on any atom is 0.351 e. The molecule has 0 N–H and O–H groups in total. The highest BCUT2D eigenvalue weighted by atomic mass is 32.1. The minimum absolute atomic E-state index is 0.400. The number of ether oxygens (including phenoxy) is 2. The molecule has 1 atom stereocenters. The molecule has 0 aliphatic heterocycles. The van der Waals surface area contributed by atoms with Crippen LogP contribution in [0.25, 0.3) is 0 Å². The summed E-state index contributed by atoms with van der Waals surface area (Å²) in [6.45, 7) is 1.72. The van der Waals surface area contributed by atoms with Gasteiger partial charge in [-0.1, -0.05) is 30.3 Å². The highest BCUT2D eigenvalue weighted by molar-refractivity contribution is 7.11. The highest BCUT2D eigenvalue weighted by Crippen LogP contribution is 2.27. The van der Waals surface area contributed by atoms with Crippen LogP contribution in [0.15, 0.2) is 60.1 Å². The van der Waals surface area contributed by atoms with Gasteiger partial charge in [0, 0.05) is 5.56 Å². The molecule has 0 unspecified atom stereocenters. The number of hydrogen-bond donors (Lipinski definition) is 0. The Bertz CT molecular complexity index is 916. The molecule has 6 heteroatoms. The summed E-state index contributed by atoms with van der Waals surface area (Å²) in [7, 11) is 0. The SMILES string of the molecule is Cc1ncsc1C(=O)O[C@H](C#N)c1cccc(Oc2ccccc2)c1. The third kappa shape index (κ3) is 4.03. The van der Waals surface area contributed by atoms with Gasteiger partial charge < -0.3 is 9.47 Å². The van der Waals surface area contributed by atoms with Crippen LogP contribution in [-0.4, -0.2) is 11.0 Å². The minimum Gasteiger partial charge on any atom is -0.457 e. The van der Waals surface area contributed by atoms with Crippen molar-refractivity contribution in [1.29, 1.82) is 5.26 Å². The topological polar surface area (TPSA) is 72.2 Å². The van der Waals surface area contributed by atoms with Gasteiger partial charge in [0.05, 0.1) is 11.2 Å². The van der Waals surface area contributed by atoms with Gasteiger partial charge in [0.1, 0.15) is 22.4 Å². The van der Waals surface area contributed by atoms with Crippen LogP contribution >= 0.6 is 11.3 Å². The average Bonchev–Trinajstić information content (AvgIpc) is 3.07. The fraction of sp³-hybridized carbons (Fsp3) is 0.105. The van der Waals surface area contributed by atoms with Crippen LogP contribution in [0.2, 0.25) is 0 Å². The van der Waals surface area contributed by atoms with Crippen molar-refractivity contribution in [3.8, 4) is 17.6 Å². The Morgan fingerprint density at radius 2 is 1.92 bits per heavy atom. The molecule has 124 valence electrons. The van der Waals surface area contributed by atoms with E-state index in [0.29, 0.717) is 27.6 Å². The lowest BCUT2D eigenvalue weighted by Crippen LogP contribution is -2.10. The molecule has 0 aliphatic carbocycles. The largest absolute Gasteiger partial charge is 0.457 e. The van der Waals surface area contributed by atoms with E-state index < -0.39 is 12.1 Å². The van der Waals surface area contributed by atoms with Crippen LogP contribution in [0.5, 0.6) is 11.5 Å². The molecule has 0 bridgehead atoms. The minimum atomic E-state index is -1.02. The van der Waals surface area contributed by atoms with Crippen LogP contribution in [0.4, 0.5) is 0 Å². The Labute approximate surface area is 149 Å². The quantitative estimate of drug-likeness (QED) is 0.626. The van der Waals surface area contributed by atoms with E-state index in [-0.39, 0.29) is 0 Å². The van der Waals surface area contributed by atoms with E-state index in [1.807, 2.05) is 36.4 Å². The second-order valence-electron chi connectivity index (χ2n) is 5.17. The van der Waals surface area contributed by atoms with E-state index in [0.717, 1.165) is 0 Å². The molecule has 25 heavy (non-hydrogen) atoms. The fourth-order valence-electron chi connectivity index (χ4n) is 2.19. The molecule has 0 saturated carbocycles. The van der Waals surface area contributed by atoms with Gasteiger partial charge in [0.25, 0.3) is 0 Å².